The van der Waals surface area contributed by atoms with Gasteiger partial charge in [-0.05, 0) is 25.1 Å². The first kappa shape index (κ1) is 15.8. The summed E-state index contributed by atoms with van der Waals surface area (Å²) in [6.07, 6.45) is -0.737. The Hall–Kier alpha value is -2.66. The van der Waals surface area contributed by atoms with Gasteiger partial charge in [0, 0.05) is 29.2 Å². The van der Waals surface area contributed by atoms with Gasteiger partial charge >= 0.3 is 0 Å². The molecule has 2 aliphatic heterocycles. The maximum atomic E-state index is 10.3. The van der Waals surface area contributed by atoms with E-state index in [-0.39, 0.29) is 29.9 Å². The van der Waals surface area contributed by atoms with E-state index >= 15 is 0 Å². The molecule has 2 aromatic rings. The zero-order valence-electron chi connectivity index (χ0n) is 13.9. The first-order valence-corrected chi connectivity index (χ1v) is 8.26. The molecule has 5 heteroatoms. The molecule has 0 fully saturated rings. The summed E-state index contributed by atoms with van der Waals surface area (Å²) in [5.41, 5.74) is 3.06. The Morgan fingerprint density at radius 2 is 2.00 bits per heavy atom. The van der Waals surface area contributed by atoms with E-state index < -0.39 is 6.10 Å². The molecule has 0 radical (unpaired) electrons. The highest BCUT2D eigenvalue weighted by Crippen LogP contribution is 2.53. The average molecular weight is 340 g/mol. The number of hydrogen-bond acceptors (Lipinski definition) is 5. The minimum absolute atomic E-state index is 0.00774. The summed E-state index contributed by atoms with van der Waals surface area (Å²) in [5.74, 6) is 1.48. The van der Waals surface area contributed by atoms with Crippen molar-refractivity contribution < 1.29 is 24.8 Å². The van der Waals surface area contributed by atoms with Gasteiger partial charge in [-0.15, -0.1) is 0 Å². The van der Waals surface area contributed by atoms with Crippen molar-refractivity contribution in [2.45, 2.75) is 31.5 Å². The lowest BCUT2D eigenvalue weighted by Crippen LogP contribution is -2.23. The van der Waals surface area contributed by atoms with Gasteiger partial charge in [-0.1, -0.05) is 18.2 Å². The number of phenols is 2. The third-order valence-electron chi connectivity index (χ3n) is 4.96. The molecular formula is C20H20O5. The van der Waals surface area contributed by atoms with Crippen LogP contribution in [0.25, 0.3) is 0 Å². The number of aromatic hydroxyl groups is 2. The summed E-state index contributed by atoms with van der Waals surface area (Å²) >= 11 is 0. The van der Waals surface area contributed by atoms with E-state index in [1.54, 1.807) is 31.2 Å². The molecule has 0 spiro atoms. The molecule has 0 aliphatic carbocycles. The van der Waals surface area contributed by atoms with Crippen LogP contribution in [0.5, 0.6) is 23.0 Å². The van der Waals surface area contributed by atoms with Crippen molar-refractivity contribution >= 4 is 0 Å². The van der Waals surface area contributed by atoms with E-state index in [0.29, 0.717) is 29.2 Å². The van der Waals surface area contributed by atoms with Gasteiger partial charge in [0.1, 0.15) is 29.1 Å². The van der Waals surface area contributed by atoms with Crippen molar-refractivity contribution in [1.29, 1.82) is 0 Å². The third-order valence-corrected chi connectivity index (χ3v) is 4.96. The highest BCUT2D eigenvalue weighted by atomic mass is 16.5. The van der Waals surface area contributed by atoms with E-state index in [9.17, 15) is 15.3 Å². The van der Waals surface area contributed by atoms with Crippen LogP contribution in [0.3, 0.4) is 0 Å². The van der Waals surface area contributed by atoms with E-state index in [4.69, 9.17) is 9.47 Å². The number of benzene rings is 2. The lowest BCUT2D eigenvalue weighted by atomic mass is 9.88. The average Bonchev–Trinajstić information content (AvgIpc) is 2.95. The van der Waals surface area contributed by atoms with Gasteiger partial charge in [-0.3, -0.25) is 0 Å². The summed E-state index contributed by atoms with van der Waals surface area (Å²) < 4.78 is 12.0. The molecule has 3 atom stereocenters. The normalized spacial score (nSPS) is 21.4. The predicted octanol–water partition coefficient (Wildman–Crippen LogP) is 3.19. The molecule has 0 unspecified atom stereocenters. The SMILES string of the molecule is C=C(C)[C@@H](O)Cc1c(O)ccc2c1O[C@@H]1c3ccc(O)cc3OC[C@@H]21. The predicted molar refractivity (Wildman–Crippen MR) is 92.3 cm³/mol. The summed E-state index contributed by atoms with van der Waals surface area (Å²) in [7, 11) is 0. The fourth-order valence-electron chi connectivity index (χ4n) is 3.52. The number of rotatable bonds is 3. The first-order valence-electron chi connectivity index (χ1n) is 8.26. The number of hydrogen-bond donors (Lipinski definition) is 3. The number of phenolic OH excluding ortho intramolecular Hbond substituents is 2. The Morgan fingerprint density at radius 1 is 1.24 bits per heavy atom. The summed E-state index contributed by atoms with van der Waals surface area (Å²) in [6, 6.07) is 8.48. The number of aliphatic hydroxyl groups is 1. The lowest BCUT2D eigenvalue weighted by Gasteiger charge is -2.27. The van der Waals surface area contributed by atoms with Crippen molar-refractivity contribution in [2.24, 2.45) is 0 Å². The fraction of sp³-hybridized carbons (Fsp3) is 0.300. The van der Waals surface area contributed by atoms with Crippen molar-refractivity contribution in [3.05, 3.63) is 59.2 Å². The number of ether oxygens (including phenoxy) is 2. The Kier molecular flexibility index (Phi) is 3.62. The van der Waals surface area contributed by atoms with Crippen LogP contribution in [0.1, 0.15) is 35.6 Å². The van der Waals surface area contributed by atoms with Crippen molar-refractivity contribution in [3.63, 3.8) is 0 Å². The topological polar surface area (TPSA) is 79.2 Å². The van der Waals surface area contributed by atoms with Crippen LogP contribution in [0, 0.1) is 0 Å². The first-order chi connectivity index (χ1) is 12.0. The van der Waals surface area contributed by atoms with Crippen LogP contribution in [0.4, 0.5) is 0 Å². The molecule has 5 nitrogen and oxygen atoms in total. The molecule has 3 N–H and O–H groups in total. The fourth-order valence-corrected chi connectivity index (χ4v) is 3.52. The third kappa shape index (κ3) is 2.51. The van der Waals surface area contributed by atoms with Gasteiger partial charge in [0.05, 0.1) is 18.6 Å². The molecule has 0 amide bonds. The molecule has 2 aliphatic rings. The Morgan fingerprint density at radius 3 is 2.76 bits per heavy atom. The Bertz CT molecular complexity index is 857. The molecule has 0 bridgehead atoms. The van der Waals surface area contributed by atoms with Gasteiger partial charge in [0.25, 0.3) is 0 Å². The summed E-state index contributed by atoms with van der Waals surface area (Å²) in [4.78, 5) is 0. The van der Waals surface area contributed by atoms with E-state index in [1.165, 1.54) is 0 Å². The maximum Gasteiger partial charge on any atom is 0.138 e. The highest BCUT2D eigenvalue weighted by molar-refractivity contribution is 5.57. The number of fused-ring (bicyclic) bond motifs is 5. The molecule has 25 heavy (non-hydrogen) atoms. The van der Waals surface area contributed by atoms with Crippen LogP contribution in [0.2, 0.25) is 0 Å². The number of aliphatic hydroxyl groups excluding tert-OH is 1. The standard InChI is InChI=1S/C20H20O5/c1-10(2)17(23)8-14-16(22)6-5-12-15-9-24-18-7-11(21)3-4-13(18)20(15)25-19(12)14/h3-7,15,17,20-23H,1,8-9H2,2H3/t15-,17-,20+/m0/s1. The molecule has 2 heterocycles. The molecule has 2 aromatic carbocycles. The van der Waals surface area contributed by atoms with Gasteiger partial charge in [-0.25, -0.2) is 0 Å². The van der Waals surface area contributed by atoms with E-state index in [1.807, 2.05) is 6.07 Å². The minimum Gasteiger partial charge on any atom is -0.508 e. The van der Waals surface area contributed by atoms with E-state index in [2.05, 4.69) is 6.58 Å². The van der Waals surface area contributed by atoms with Crippen molar-refractivity contribution in [2.75, 3.05) is 6.61 Å². The zero-order chi connectivity index (χ0) is 17.7. The molecule has 130 valence electrons. The maximum absolute atomic E-state index is 10.3. The minimum atomic E-state index is -0.746. The van der Waals surface area contributed by atoms with Gasteiger partial charge < -0.3 is 24.8 Å². The van der Waals surface area contributed by atoms with E-state index in [0.717, 1.165) is 11.1 Å². The molecule has 0 saturated carbocycles. The smallest absolute Gasteiger partial charge is 0.138 e. The quantitative estimate of drug-likeness (QED) is 0.748. The largest absolute Gasteiger partial charge is 0.508 e. The van der Waals surface area contributed by atoms with Gasteiger partial charge in [-0.2, -0.15) is 0 Å². The second-order valence-corrected chi connectivity index (χ2v) is 6.73. The highest BCUT2D eigenvalue weighted by Gasteiger charge is 2.42. The molecule has 4 rings (SSSR count). The van der Waals surface area contributed by atoms with Crippen LogP contribution in [0.15, 0.2) is 42.5 Å². The monoisotopic (exact) mass is 340 g/mol. The van der Waals surface area contributed by atoms with Crippen molar-refractivity contribution in [1.82, 2.24) is 0 Å². The van der Waals surface area contributed by atoms with Crippen LogP contribution in [-0.2, 0) is 6.42 Å². The van der Waals surface area contributed by atoms with Gasteiger partial charge in [0.15, 0.2) is 0 Å². The van der Waals surface area contributed by atoms with Crippen LogP contribution in [-0.4, -0.2) is 28.0 Å². The Labute approximate surface area is 145 Å². The van der Waals surface area contributed by atoms with Gasteiger partial charge in [0.2, 0.25) is 0 Å². The lowest BCUT2D eigenvalue weighted by molar-refractivity contribution is 0.137. The van der Waals surface area contributed by atoms with Crippen LogP contribution < -0.4 is 9.47 Å². The second-order valence-electron chi connectivity index (χ2n) is 6.73. The summed E-state index contributed by atoms with van der Waals surface area (Å²) in [5, 5.41) is 30.1. The molecule has 0 aromatic heterocycles. The molecule has 0 saturated heterocycles. The Balaban J connectivity index is 1.75. The summed E-state index contributed by atoms with van der Waals surface area (Å²) in [6.45, 7) is 5.95. The van der Waals surface area contributed by atoms with Crippen LogP contribution >= 0.6 is 0 Å². The molecular weight excluding hydrogens is 320 g/mol. The zero-order valence-corrected chi connectivity index (χ0v) is 13.9. The van der Waals surface area contributed by atoms with Crippen molar-refractivity contribution in [3.8, 4) is 23.0 Å². The second kappa shape index (κ2) is 5.70.